The molecule has 2 heterocycles. The van der Waals surface area contributed by atoms with E-state index in [9.17, 15) is 8.42 Å². The summed E-state index contributed by atoms with van der Waals surface area (Å²) in [7, 11) is -3.51. The predicted molar refractivity (Wildman–Crippen MR) is 101 cm³/mol. The van der Waals surface area contributed by atoms with Crippen LogP contribution in [0.15, 0.2) is 53.4 Å². The van der Waals surface area contributed by atoms with Crippen molar-refractivity contribution in [3.05, 3.63) is 59.7 Å². The Morgan fingerprint density at radius 2 is 1.73 bits per heavy atom. The van der Waals surface area contributed by atoms with Crippen molar-refractivity contribution in [1.82, 2.24) is 9.21 Å². The second-order valence-electron chi connectivity index (χ2n) is 6.84. The van der Waals surface area contributed by atoms with E-state index < -0.39 is 10.0 Å². The van der Waals surface area contributed by atoms with E-state index in [2.05, 4.69) is 29.2 Å². The number of fused-ring (bicyclic) bond motifs is 1. The second-order valence-corrected chi connectivity index (χ2v) is 8.75. The maximum Gasteiger partial charge on any atom is 0.246 e. The van der Waals surface area contributed by atoms with Crippen LogP contribution in [-0.4, -0.2) is 49.9 Å². The molecule has 0 spiro atoms. The third-order valence-electron chi connectivity index (χ3n) is 5.27. The lowest BCUT2D eigenvalue weighted by molar-refractivity contribution is 0.0767. The number of hydrogen-bond acceptors (Lipinski definition) is 4. The van der Waals surface area contributed by atoms with E-state index in [-0.39, 0.29) is 10.9 Å². The highest BCUT2D eigenvalue weighted by molar-refractivity contribution is 7.89. The molecule has 0 aliphatic carbocycles. The predicted octanol–water partition coefficient (Wildman–Crippen LogP) is 2.52. The highest BCUT2D eigenvalue weighted by atomic mass is 32.2. The molecule has 26 heavy (non-hydrogen) atoms. The fourth-order valence-electron chi connectivity index (χ4n) is 3.75. The summed E-state index contributed by atoms with van der Waals surface area (Å²) in [6.45, 7) is 5.30. The Hall–Kier alpha value is -1.89. The van der Waals surface area contributed by atoms with Crippen molar-refractivity contribution in [2.45, 2.75) is 30.8 Å². The molecule has 2 aromatic rings. The van der Waals surface area contributed by atoms with Crippen molar-refractivity contribution < 1.29 is 13.2 Å². The maximum absolute atomic E-state index is 13.0. The van der Waals surface area contributed by atoms with E-state index in [0.717, 1.165) is 19.5 Å². The van der Waals surface area contributed by atoms with Crippen LogP contribution < -0.4 is 4.74 Å². The summed E-state index contributed by atoms with van der Waals surface area (Å²) >= 11 is 0. The van der Waals surface area contributed by atoms with Crippen molar-refractivity contribution in [1.29, 1.82) is 0 Å². The van der Waals surface area contributed by atoms with Crippen LogP contribution in [0.4, 0.5) is 0 Å². The largest absolute Gasteiger partial charge is 0.492 e. The minimum atomic E-state index is -3.51. The number of para-hydroxylation sites is 1. The van der Waals surface area contributed by atoms with Gasteiger partial charge in [-0.3, -0.25) is 4.90 Å². The Balaban J connectivity index is 1.45. The van der Waals surface area contributed by atoms with Crippen LogP contribution >= 0.6 is 0 Å². The van der Waals surface area contributed by atoms with Gasteiger partial charge in [0.15, 0.2) is 0 Å². The molecule has 138 valence electrons. The van der Waals surface area contributed by atoms with Crippen LogP contribution in [0.25, 0.3) is 0 Å². The summed E-state index contributed by atoms with van der Waals surface area (Å²) in [5.41, 5.74) is 2.78. The van der Waals surface area contributed by atoms with Crippen LogP contribution in [-0.2, 0) is 23.0 Å². The van der Waals surface area contributed by atoms with E-state index in [1.54, 1.807) is 28.6 Å². The molecular formula is C20H24N2O3S. The molecule has 1 fully saturated rings. The number of rotatable bonds is 5. The van der Waals surface area contributed by atoms with Crippen LogP contribution in [0, 0.1) is 0 Å². The van der Waals surface area contributed by atoms with E-state index in [1.807, 2.05) is 6.92 Å². The zero-order chi connectivity index (χ0) is 18.1. The Morgan fingerprint density at radius 3 is 2.50 bits per heavy atom. The molecule has 0 N–H and O–H groups in total. The van der Waals surface area contributed by atoms with Crippen molar-refractivity contribution in [2.75, 3.05) is 26.2 Å². The summed E-state index contributed by atoms with van der Waals surface area (Å²) < 4.78 is 33.0. The minimum absolute atomic E-state index is 0.268. The molecule has 0 aromatic heterocycles. The first kappa shape index (κ1) is 17.5. The van der Waals surface area contributed by atoms with Crippen molar-refractivity contribution in [3.63, 3.8) is 0 Å². The van der Waals surface area contributed by atoms with Crippen LogP contribution in [0.5, 0.6) is 5.75 Å². The topological polar surface area (TPSA) is 49.9 Å². The average Bonchev–Trinajstić information content (AvgIpc) is 2.61. The summed E-state index contributed by atoms with van der Waals surface area (Å²) in [6, 6.07) is 15.7. The van der Waals surface area contributed by atoms with E-state index in [4.69, 9.17) is 4.74 Å². The Kier molecular flexibility index (Phi) is 4.73. The quantitative estimate of drug-likeness (QED) is 0.809. The monoisotopic (exact) mass is 372 g/mol. The molecule has 2 aliphatic rings. The maximum atomic E-state index is 13.0. The molecule has 0 amide bonds. The second kappa shape index (κ2) is 7.02. The molecule has 5 nitrogen and oxygen atoms in total. The van der Waals surface area contributed by atoms with Crippen molar-refractivity contribution in [3.8, 4) is 5.75 Å². The minimum Gasteiger partial charge on any atom is -0.492 e. The van der Waals surface area contributed by atoms with E-state index in [1.165, 1.54) is 11.1 Å². The van der Waals surface area contributed by atoms with Gasteiger partial charge in [0.1, 0.15) is 10.6 Å². The Morgan fingerprint density at radius 1 is 1.04 bits per heavy atom. The molecule has 2 aromatic carbocycles. The molecule has 0 bridgehead atoms. The van der Waals surface area contributed by atoms with Gasteiger partial charge in [-0.1, -0.05) is 36.4 Å². The fraction of sp³-hybridized carbons (Fsp3) is 0.400. The highest BCUT2D eigenvalue weighted by Crippen LogP contribution is 2.32. The number of benzene rings is 2. The van der Waals surface area contributed by atoms with Crippen LogP contribution in [0.3, 0.4) is 0 Å². The van der Waals surface area contributed by atoms with Gasteiger partial charge in [0, 0.05) is 32.2 Å². The zero-order valence-corrected chi connectivity index (χ0v) is 15.8. The van der Waals surface area contributed by atoms with Gasteiger partial charge in [-0.15, -0.1) is 0 Å². The molecule has 2 aliphatic heterocycles. The van der Waals surface area contributed by atoms with E-state index >= 15 is 0 Å². The summed E-state index contributed by atoms with van der Waals surface area (Å²) in [5.74, 6) is 0.436. The van der Waals surface area contributed by atoms with Crippen LogP contribution in [0.2, 0.25) is 0 Å². The van der Waals surface area contributed by atoms with Gasteiger partial charge in [-0.25, -0.2) is 8.42 Å². The normalized spacial score (nSPS) is 19.0. The molecule has 0 unspecified atom stereocenters. The first-order chi connectivity index (χ1) is 12.6. The highest BCUT2D eigenvalue weighted by Gasteiger charge is 2.41. The lowest BCUT2D eigenvalue weighted by Crippen LogP contribution is -2.61. The molecule has 6 heteroatoms. The van der Waals surface area contributed by atoms with Crippen molar-refractivity contribution in [2.24, 2.45) is 0 Å². The first-order valence-corrected chi connectivity index (χ1v) is 10.6. The van der Waals surface area contributed by atoms with Crippen molar-refractivity contribution >= 4 is 10.0 Å². The smallest absolute Gasteiger partial charge is 0.246 e. The number of hydrogen-bond donors (Lipinski definition) is 0. The lowest BCUT2D eigenvalue weighted by atomic mass is 9.97. The summed E-state index contributed by atoms with van der Waals surface area (Å²) in [4.78, 5) is 2.67. The standard InChI is InChI=1S/C20H24N2O3S/c1-2-25-19-9-5-6-10-20(19)26(23,24)22-14-18(15-22)21-12-11-16-7-3-4-8-17(16)13-21/h3-10,18H,2,11-15H2,1H3. The fourth-order valence-corrected chi connectivity index (χ4v) is 5.40. The van der Waals surface area contributed by atoms with Gasteiger partial charge in [0.25, 0.3) is 0 Å². The zero-order valence-electron chi connectivity index (χ0n) is 15.0. The van der Waals surface area contributed by atoms with Gasteiger partial charge in [-0.05, 0) is 36.6 Å². The van der Waals surface area contributed by atoms with Gasteiger partial charge in [0.05, 0.1) is 6.61 Å². The Labute approximate surface area is 155 Å². The first-order valence-electron chi connectivity index (χ1n) is 9.12. The molecule has 1 saturated heterocycles. The third-order valence-corrected chi connectivity index (χ3v) is 7.14. The molecule has 0 atom stereocenters. The molecular weight excluding hydrogens is 348 g/mol. The third kappa shape index (κ3) is 3.13. The van der Waals surface area contributed by atoms with Crippen LogP contribution in [0.1, 0.15) is 18.1 Å². The Bertz CT molecular complexity index is 891. The lowest BCUT2D eigenvalue weighted by Gasteiger charge is -2.46. The number of nitrogens with zero attached hydrogens (tertiary/aromatic N) is 2. The number of sulfonamides is 1. The van der Waals surface area contributed by atoms with Gasteiger partial charge >= 0.3 is 0 Å². The molecule has 4 rings (SSSR count). The molecule has 0 radical (unpaired) electrons. The SMILES string of the molecule is CCOc1ccccc1S(=O)(=O)N1CC(N2CCc3ccccc3C2)C1. The van der Waals surface area contributed by atoms with E-state index in [0.29, 0.717) is 25.4 Å². The summed E-state index contributed by atoms with van der Waals surface area (Å²) in [6.07, 6.45) is 1.03. The van der Waals surface area contributed by atoms with Gasteiger partial charge in [-0.2, -0.15) is 4.31 Å². The number of ether oxygens (including phenoxy) is 1. The van der Waals surface area contributed by atoms with Gasteiger partial charge < -0.3 is 4.74 Å². The summed E-state index contributed by atoms with van der Waals surface area (Å²) in [5, 5.41) is 0. The van der Waals surface area contributed by atoms with Gasteiger partial charge in [0.2, 0.25) is 10.0 Å². The molecule has 0 saturated carbocycles. The average molecular weight is 372 g/mol.